The van der Waals surface area contributed by atoms with E-state index in [4.69, 9.17) is 0 Å². The summed E-state index contributed by atoms with van der Waals surface area (Å²) in [5.41, 5.74) is 1.53. The van der Waals surface area contributed by atoms with E-state index in [0.717, 1.165) is 11.8 Å². The zero-order chi connectivity index (χ0) is 8.97. The average molecular weight is 164 g/mol. The third-order valence-corrected chi connectivity index (χ3v) is 2.75. The van der Waals surface area contributed by atoms with Gasteiger partial charge in [-0.15, -0.1) is 0 Å². The van der Waals surface area contributed by atoms with Crippen molar-refractivity contribution in [2.45, 2.75) is 40.0 Å². The van der Waals surface area contributed by atoms with Crippen LogP contribution in [0.25, 0.3) is 0 Å². The fourth-order valence-corrected chi connectivity index (χ4v) is 1.77. The first-order valence-electron chi connectivity index (χ1n) is 5.06. The Bertz CT molecular complexity index is 186. The summed E-state index contributed by atoms with van der Waals surface area (Å²) < 4.78 is 0. The molecule has 0 aromatic carbocycles. The zero-order valence-electron chi connectivity index (χ0n) is 8.51. The molecule has 0 spiro atoms. The Morgan fingerprint density at radius 3 is 2.92 bits per heavy atom. The summed E-state index contributed by atoms with van der Waals surface area (Å²) in [6.45, 7) is 6.86. The van der Waals surface area contributed by atoms with Crippen molar-refractivity contribution in [2.24, 2.45) is 11.8 Å². The van der Waals surface area contributed by atoms with Crippen LogP contribution in [0.1, 0.15) is 40.0 Å². The highest BCUT2D eigenvalue weighted by Crippen LogP contribution is 2.25. The zero-order valence-corrected chi connectivity index (χ0v) is 8.51. The molecule has 2 unspecified atom stereocenters. The summed E-state index contributed by atoms with van der Waals surface area (Å²) in [5, 5.41) is 0. The number of hydrogen-bond donors (Lipinski definition) is 0. The molecule has 0 fully saturated rings. The Morgan fingerprint density at radius 2 is 2.33 bits per heavy atom. The summed E-state index contributed by atoms with van der Waals surface area (Å²) in [5.74, 6) is 1.69. The van der Waals surface area contributed by atoms with Gasteiger partial charge in [0, 0.05) is 0 Å². The molecule has 0 bridgehead atoms. The first kappa shape index (κ1) is 9.57. The van der Waals surface area contributed by atoms with E-state index in [2.05, 4.69) is 39.0 Å². The van der Waals surface area contributed by atoms with Gasteiger partial charge in [0.1, 0.15) is 0 Å². The number of allylic oxidation sites excluding steroid dienone is 4. The summed E-state index contributed by atoms with van der Waals surface area (Å²) in [4.78, 5) is 0. The summed E-state index contributed by atoms with van der Waals surface area (Å²) in [7, 11) is 0. The first-order chi connectivity index (χ1) is 5.72. The van der Waals surface area contributed by atoms with Crippen LogP contribution in [0, 0.1) is 11.8 Å². The van der Waals surface area contributed by atoms with Crippen LogP contribution < -0.4 is 0 Å². The molecule has 0 radical (unpaired) electrons. The molecule has 0 N–H and O–H groups in total. The van der Waals surface area contributed by atoms with Gasteiger partial charge in [-0.2, -0.15) is 0 Å². The van der Waals surface area contributed by atoms with Crippen molar-refractivity contribution in [1.29, 1.82) is 0 Å². The number of hydrogen-bond acceptors (Lipinski definition) is 0. The molecule has 0 saturated carbocycles. The maximum Gasteiger partial charge on any atom is -0.0191 e. The van der Waals surface area contributed by atoms with Crippen molar-refractivity contribution in [1.82, 2.24) is 0 Å². The molecule has 1 aliphatic carbocycles. The first-order valence-corrected chi connectivity index (χ1v) is 5.06. The topological polar surface area (TPSA) is 0 Å². The van der Waals surface area contributed by atoms with Crippen LogP contribution >= 0.6 is 0 Å². The van der Waals surface area contributed by atoms with E-state index < -0.39 is 0 Å². The van der Waals surface area contributed by atoms with Crippen LogP contribution in [-0.4, -0.2) is 0 Å². The normalized spacial score (nSPS) is 25.2. The Hall–Kier alpha value is -0.520. The van der Waals surface area contributed by atoms with Crippen molar-refractivity contribution in [2.75, 3.05) is 0 Å². The molecular weight excluding hydrogens is 144 g/mol. The van der Waals surface area contributed by atoms with E-state index in [1.54, 1.807) is 0 Å². The van der Waals surface area contributed by atoms with Crippen molar-refractivity contribution in [3.05, 3.63) is 23.8 Å². The van der Waals surface area contributed by atoms with Gasteiger partial charge >= 0.3 is 0 Å². The molecule has 2 atom stereocenters. The van der Waals surface area contributed by atoms with Gasteiger partial charge in [0.25, 0.3) is 0 Å². The molecule has 0 aromatic heterocycles. The van der Waals surface area contributed by atoms with Gasteiger partial charge in [-0.1, -0.05) is 44.1 Å². The molecule has 0 aromatic rings. The lowest BCUT2D eigenvalue weighted by Gasteiger charge is -2.19. The van der Waals surface area contributed by atoms with Gasteiger partial charge in [-0.25, -0.2) is 0 Å². The fraction of sp³-hybridized carbons (Fsp3) is 0.667. The minimum absolute atomic E-state index is 0.810. The smallest absolute Gasteiger partial charge is 0.0191 e. The minimum Gasteiger partial charge on any atom is -0.0811 e. The monoisotopic (exact) mass is 164 g/mol. The third-order valence-electron chi connectivity index (χ3n) is 2.75. The maximum atomic E-state index is 2.36. The second kappa shape index (κ2) is 4.49. The predicted octanol–water partition coefficient (Wildman–Crippen LogP) is 3.95. The summed E-state index contributed by atoms with van der Waals surface area (Å²) in [6, 6.07) is 0. The van der Waals surface area contributed by atoms with E-state index in [9.17, 15) is 0 Å². The van der Waals surface area contributed by atoms with Crippen LogP contribution in [0.4, 0.5) is 0 Å². The molecule has 0 heterocycles. The van der Waals surface area contributed by atoms with Crippen LogP contribution in [0.2, 0.25) is 0 Å². The van der Waals surface area contributed by atoms with Gasteiger partial charge in [0.15, 0.2) is 0 Å². The van der Waals surface area contributed by atoms with E-state index in [0.29, 0.717) is 0 Å². The quantitative estimate of drug-likeness (QED) is 0.592. The third kappa shape index (κ3) is 2.84. The van der Waals surface area contributed by atoms with E-state index in [1.807, 2.05) is 0 Å². The van der Waals surface area contributed by atoms with Gasteiger partial charge in [-0.3, -0.25) is 0 Å². The lowest BCUT2D eigenvalue weighted by molar-refractivity contribution is 0.430. The Labute approximate surface area is 76.4 Å². The highest BCUT2D eigenvalue weighted by Gasteiger charge is 2.11. The molecule has 68 valence electrons. The van der Waals surface area contributed by atoms with Gasteiger partial charge < -0.3 is 0 Å². The lowest BCUT2D eigenvalue weighted by Crippen LogP contribution is -2.06. The maximum absolute atomic E-state index is 2.36. The SMILES string of the molecule is CCC(C)CC1C=CC=C(C)C1. The molecule has 0 aliphatic heterocycles. The predicted molar refractivity (Wildman–Crippen MR) is 55.1 cm³/mol. The second-order valence-corrected chi connectivity index (χ2v) is 4.11. The standard InChI is InChI=1S/C12H20/c1-4-10(2)8-12-7-5-6-11(3)9-12/h5-7,10,12H,4,8-9H2,1-3H3. The molecular formula is C12H20. The molecule has 0 heteroatoms. The fourth-order valence-electron chi connectivity index (χ4n) is 1.77. The van der Waals surface area contributed by atoms with Crippen molar-refractivity contribution >= 4 is 0 Å². The molecule has 12 heavy (non-hydrogen) atoms. The minimum atomic E-state index is 0.810. The molecule has 0 amide bonds. The molecule has 0 saturated heterocycles. The van der Waals surface area contributed by atoms with Gasteiger partial charge in [0.05, 0.1) is 0 Å². The number of rotatable bonds is 3. The van der Waals surface area contributed by atoms with Crippen LogP contribution in [0.15, 0.2) is 23.8 Å². The van der Waals surface area contributed by atoms with Crippen molar-refractivity contribution < 1.29 is 0 Å². The lowest BCUT2D eigenvalue weighted by atomic mass is 9.87. The van der Waals surface area contributed by atoms with Gasteiger partial charge in [-0.05, 0) is 31.6 Å². The van der Waals surface area contributed by atoms with Crippen LogP contribution in [-0.2, 0) is 0 Å². The Kier molecular flexibility index (Phi) is 3.58. The molecule has 0 nitrogen and oxygen atoms in total. The van der Waals surface area contributed by atoms with Crippen molar-refractivity contribution in [3.63, 3.8) is 0 Å². The van der Waals surface area contributed by atoms with E-state index in [-0.39, 0.29) is 0 Å². The largest absolute Gasteiger partial charge is 0.0811 e. The van der Waals surface area contributed by atoms with Crippen LogP contribution in [0.5, 0.6) is 0 Å². The second-order valence-electron chi connectivity index (χ2n) is 4.11. The van der Waals surface area contributed by atoms with Crippen LogP contribution in [0.3, 0.4) is 0 Å². The summed E-state index contributed by atoms with van der Waals surface area (Å²) >= 11 is 0. The molecule has 1 rings (SSSR count). The van der Waals surface area contributed by atoms with Gasteiger partial charge in [0.2, 0.25) is 0 Å². The average Bonchev–Trinajstić information content (AvgIpc) is 2.04. The van der Waals surface area contributed by atoms with Crippen molar-refractivity contribution in [3.8, 4) is 0 Å². The van der Waals surface area contributed by atoms with E-state index in [1.165, 1.54) is 24.8 Å². The Balaban J connectivity index is 2.36. The molecule has 1 aliphatic rings. The van der Waals surface area contributed by atoms with E-state index >= 15 is 0 Å². The highest BCUT2D eigenvalue weighted by molar-refractivity contribution is 5.17. The Morgan fingerprint density at radius 1 is 1.58 bits per heavy atom. The summed E-state index contributed by atoms with van der Waals surface area (Å²) in [6.07, 6.45) is 10.8. The highest BCUT2D eigenvalue weighted by atomic mass is 14.2.